The van der Waals surface area contributed by atoms with Crippen molar-refractivity contribution in [2.24, 2.45) is 5.73 Å². The Kier molecular flexibility index (Phi) is 9.25. The Morgan fingerprint density at radius 2 is 1.39 bits per heavy atom. The van der Waals surface area contributed by atoms with Gasteiger partial charge in [0.15, 0.2) is 0 Å². The molecule has 5 nitrogen and oxygen atoms in total. The van der Waals surface area contributed by atoms with E-state index >= 15 is 0 Å². The molecule has 0 unspecified atom stereocenters. The number of hydrogen-bond acceptors (Lipinski definition) is 4. The summed E-state index contributed by atoms with van der Waals surface area (Å²) in [6.45, 7) is 1.76. The summed E-state index contributed by atoms with van der Waals surface area (Å²) in [5.74, 6) is -0.877. The molecule has 3 N–H and O–H groups in total. The minimum atomic E-state index is -0.771. The lowest BCUT2D eigenvalue weighted by Gasteiger charge is -2.17. The molecule has 0 fully saturated rings. The number of esters is 1. The second kappa shape index (κ2) is 11.9. The van der Waals surface area contributed by atoms with Gasteiger partial charge in [-0.2, -0.15) is 0 Å². The molecule has 0 radical (unpaired) electrons. The SMILES string of the molecule is C[C@H](NC(=O)[C@@H](N)Cc1ccc(-c2ccccc2)cc1)C(=O)OCc1ccccc1.Cl. The topological polar surface area (TPSA) is 81.4 Å². The number of benzene rings is 3. The van der Waals surface area contributed by atoms with Gasteiger partial charge in [0.1, 0.15) is 12.6 Å². The quantitative estimate of drug-likeness (QED) is 0.523. The van der Waals surface area contributed by atoms with Crippen LogP contribution >= 0.6 is 12.4 Å². The van der Waals surface area contributed by atoms with E-state index in [9.17, 15) is 9.59 Å². The van der Waals surface area contributed by atoms with E-state index in [-0.39, 0.29) is 24.9 Å². The average molecular weight is 439 g/mol. The third kappa shape index (κ3) is 7.24. The number of carbonyl (C=O) groups excluding carboxylic acids is 2. The average Bonchev–Trinajstić information content (AvgIpc) is 2.79. The van der Waals surface area contributed by atoms with Gasteiger partial charge < -0.3 is 15.8 Å². The summed E-state index contributed by atoms with van der Waals surface area (Å²) in [6, 6.07) is 25.9. The van der Waals surface area contributed by atoms with Gasteiger partial charge in [-0.05, 0) is 35.6 Å². The second-order valence-electron chi connectivity index (χ2n) is 7.20. The molecule has 0 saturated heterocycles. The largest absolute Gasteiger partial charge is 0.459 e. The van der Waals surface area contributed by atoms with Gasteiger partial charge in [0.25, 0.3) is 0 Å². The number of amides is 1. The number of hydrogen-bond donors (Lipinski definition) is 2. The summed E-state index contributed by atoms with van der Waals surface area (Å²) >= 11 is 0. The van der Waals surface area contributed by atoms with Crippen LogP contribution in [0.2, 0.25) is 0 Å². The van der Waals surface area contributed by atoms with Crippen LogP contribution in [-0.4, -0.2) is 24.0 Å². The first-order valence-electron chi connectivity index (χ1n) is 9.94. The lowest BCUT2D eigenvalue weighted by molar-refractivity contribution is -0.148. The molecule has 6 heteroatoms. The van der Waals surface area contributed by atoms with Crippen LogP contribution in [0.4, 0.5) is 0 Å². The van der Waals surface area contributed by atoms with Crippen LogP contribution in [0.1, 0.15) is 18.1 Å². The molecule has 2 atom stereocenters. The van der Waals surface area contributed by atoms with E-state index in [0.717, 1.165) is 22.3 Å². The van der Waals surface area contributed by atoms with Crippen LogP contribution in [0.3, 0.4) is 0 Å². The number of nitrogens with one attached hydrogen (secondary N) is 1. The van der Waals surface area contributed by atoms with E-state index in [0.29, 0.717) is 6.42 Å². The molecule has 0 aliphatic heterocycles. The summed E-state index contributed by atoms with van der Waals surface area (Å²) in [5, 5.41) is 2.63. The number of carbonyl (C=O) groups is 2. The predicted molar refractivity (Wildman–Crippen MR) is 125 cm³/mol. The van der Waals surface area contributed by atoms with Gasteiger partial charge in [-0.15, -0.1) is 12.4 Å². The normalized spacial score (nSPS) is 12.2. The third-order valence-electron chi connectivity index (χ3n) is 4.79. The first kappa shape index (κ1) is 24.1. The van der Waals surface area contributed by atoms with Gasteiger partial charge in [0.05, 0.1) is 6.04 Å². The highest BCUT2D eigenvalue weighted by Gasteiger charge is 2.21. The molecule has 0 aliphatic rings. The highest BCUT2D eigenvalue weighted by atomic mass is 35.5. The zero-order chi connectivity index (χ0) is 21.3. The molecule has 0 saturated carbocycles. The smallest absolute Gasteiger partial charge is 0.328 e. The lowest BCUT2D eigenvalue weighted by atomic mass is 10.0. The van der Waals surface area contributed by atoms with Gasteiger partial charge in [-0.1, -0.05) is 84.9 Å². The fourth-order valence-electron chi connectivity index (χ4n) is 3.04. The maximum absolute atomic E-state index is 12.4. The first-order valence-corrected chi connectivity index (χ1v) is 9.94. The molecule has 0 spiro atoms. The van der Waals surface area contributed by atoms with E-state index in [2.05, 4.69) is 5.32 Å². The highest BCUT2D eigenvalue weighted by molar-refractivity contribution is 5.87. The molecule has 0 heterocycles. The summed E-state index contributed by atoms with van der Waals surface area (Å²) < 4.78 is 5.25. The van der Waals surface area contributed by atoms with E-state index in [4.69, 9.17) is 10.5 Å². The van der Waals surface area contributed by atoms with Gasteiger partial charge in [0, 0.05) is 0 Å². The van der Waals surface area contributed by atoms with Crippen LogP contribution in [0.15, 0.2) is 84.9 Å². The van der Waals surface area contributed by atoms with Crippen molar-refractivity contribution in [2.45, 2.75) is 32.0 Å². The van der Waals surface area contributed by atoms with Crippen LogP contribution in [0, 0.1) is 0 Å². The zero-order valence-electron chi connectivity index (χ0n) is 17.4. The number of halogens is 1. The Balaban J connectivity index is 0.00000341. The van der Waals surface area contributed by atoms with Crippen molar-refractivity contribution < 1.29 is 14.3 Å². The fraction of sp³-hybridized carbons (Fsp3) is 0.200. The second-order valence-corrected chi connectivity index (χ2v) is 7.20. The molecule has 0 bridgehead atoms. The molecule has 0 aromatic heterocycles. The van der Waals surface area contributed by atoms with Gasteiger partial charge in [-0.3, -0.25) is 4.79 Å². The molecule has 162 valence electrons. The summed E-state index contributed by atoms with van der Waals surface area (Å²) in [4.78, 5) is 24.5. The molecule has 31 heavy (non-hydrogen) atoms. The standard InChI is InChI=1S/C25H26N2O3.ClH/c1-18(25(29)30-17-20-8-4-2-5-9-20)27-24(28)23(26)16-19-12-14-22(15-13-19)21-10-6-3-7-11-21;/h2-15,18,23H,16-17,26H2,1H3,(H,27,28);1H/t18-,23-;/m0./s1. The Bertz CT molecular complexity index is 963. The van der Waals surface area contributed by atoms with Crippen molar-refractivity contribution in [3.63, 3.8) is 0 Å². The van der Waals surface area contributed by atoms with Gasteiger partial charge in [-0.25, -0.2) is 4.79 Å². The van der Waals surface area contributed by atoms with Crippen molar-refractivity contribution in [3.05, 3.63) is 96.1 Å². The monoisotopic (exact) mass is 438 g/mol. The fourth-order valence-corrected chi connectivity index (χ4v) is 3.04. The van der Waals surface area contributed by atoms with E-state index in [1.807, 2.05) is 84.9 Å². The molecule has 3 aromatic rings. The zero-order valence-corrected chi connectivity index (χ0v) is 18.2. The van der Waals surface area contributed by atoms with E-state index in [1.165, 1.54) is 0 Å². The minimum absolute atomic E-state index is 0. The van der Waals surface area contributed by atoms with Crippen molar-refractivity contribution in [1.82, 2.24) is 5.32 Å². The van der Waals surface area contributed by atoms with E-state index in [1.54, 1.807) is 6.92 Å². The Hall–Kier alpha value is -3.15. The van der Waals surface area contributed by atoms with Crippen LogP contribution in [0.25, 0.3) is 11.1 Å². The Labute approximate surface area is 189 Å². The third-order valence-corrected chi connectivity index (χ3v) is 4.79. The minimum Gasteiger partial charge on any atom is -0.459 e. The highest BCUT2D eigenvalue weighted by Crippen LogP contribution is 2.19. The van der Waals surface area contributed by atoms with Crippen LogP contribution in [-0.2, 0) is 27.4 Å². The molecule has 3 aromatic carbocycles. The maximum atomic E-state index is 12.4. The van der Waals surface area contributed by atoms with Crippen molar-refractivity contribution in [2.75, 3.05) is 0 Å². The summed E-state index contributed by atoms with van der Waals surface area (Å²) in [6.07, 6.45) is 0.382. The van der Waals surface area contributed by atoms with Crippen molar-refractivity contribution in [3.8, 4) is 11.1 Å². The van der Waals surface area contributed by atoms with Crippen molar-refractivity contribution in [1.29, 1.82) is 0 Å². The Morgan fingerprint density at radius 1 is 0.839 bits per heavy atom. The molecule has 1 amide bonds. The van der Waals surface area contributed by atoms with E-state index < -0.39 is 18.1 Å². The number of rotatable bonds is 8. The maximum Gasteiger partial charge on any atom is 0.328 e. The molecule has 3 rings (SSSR count). The molecular weight excluding hydrogens is 412 g/mol. The molecular formula is C25H27ClN2O3. The van der Waals surface area contributed by atoms with Gasteiger partial charge in [0.2, 0.25) is 5.91 Å². The lowest BCUT2D eigenvalue weighted by Crippen LogP contribution is -2.48. The first-order chi connectivity index (χ1) is 14.5. The summed E-state index contributed by atoms with van der Waals surface area (Å²) in [5.41, 5.74) is 10.1. The number of ether oxygens (including phenoxy) is 1. The van der Waals surface area contributed by atoms with Crippen LogP contribution in [0.5, 0.6) is 0 Å². The number of nitrogens with two attached hydrogens (primary N) is 1. The predicted octanol–water partition coefficient (Wildman–Crippen LogP) is 3.89. The molecule has 0 aliphatic carbocycles. The Morgan fingerprint density at radius 3 is 2.00 bits per heavy atom. The van der Waals surface area contributed by atoms with Crippen molar-refractivity contribution >= 4 is 24.3 Å². The van der Waals surface area contributed by atoms with Gasteiger partial charge >= 0.3 is 5.97 Å². The summed E-state index contributed by atoms with van der Waals surface area (Å²) in [7, 11) is 0. The van der Waals surface area contributed by atoms with Crippen LogP contribution < -0.4 is 11.1 Å².